The standard InChI is InChI=1S/C43H29N3OS2/c1-4-15-34-29(12-1)30-13-2-5-16-35(30)43(34)39-40(45-49-41(39)33-21-23-48-42(33)43)26-10-9-11-27(24-26)47-28-19-20-32-31-14-3-6-17-36(31)46(37(32)25-28)38-18-7-8-22-44-38/h1,3-4,6-12,14-15,17-25H,2,5,13,16H2. The second-order valence-electron chi connectivity index (χ2n) is 13.2. The molecule has 3 aliphatic rings. The number of benzene rings is 4. The highest BCUT2D eigenvalue weighted by atomic mass is 32.1. The monoisotopic (exact) mass is 667 g/mol. The first-order valence-electron chi connectivity index (χ1n) is 16.9. The number of thiophene rings is 1. The zero-order valence-electron chi connectivity index (χ0n) is 26.5. The molecule has 4 nitrogen and oxygen atoms in total. The molecule has 1 atom stereocenters. The lowest BCUT2D eigenvalue weighted by atomic mass is 9.70. The lowest BCUT2D eigenvalue weighted by Crippen LogP contribution is -2.27. The molecule has 0 fully saturated rings. The predicted octanol–water partition coefficient (Wildman–Crippen LogP) is 11.8. The van der Waals surface area contributed by atoms with Crippen LogP contribution in [0, 0.1) is 0 Å². The molecule has 0 saturated carbocycles. The summed E-state index contributed by atoms with van der Waals surface area (Å²) in [5, 5.41) is 4.64. The molecule has 0 amide bonds. The first-order valence-corrected chi connectivity index (χ1v) is 18.6. The first-order chi connectivity index (χ1) is 24.3. The van der Waals surface area contributed by atoms with Crippen LogP contribution in [0.4, 0.5) is 0 Å². The van der Waals surface area contributed by atoms with Crippen molar-refractivity contribution in [3.8, 4) is 39.0 Å². The van der Waals surface area contributed by atoms with Gasteiger partial charge in [0.25, 0.3) is 0 Å². The summed E-state index contributed by atoms with van der Waals surface area (Å²) in [6.45, 7) is 0. The van der Waals surface area contributed by atoms with Crippen LogP contribution in [-0.2, 0) is 5.41 Å². The molecule has 0 bridgehead atoms. The van der Waals surface area contributed by atoms with Crippen LogP contribution in [0.3, 0.4) is 0 Å². The summed E-state index contributed by atoms with van der Waals surface area (Å²) in [7, 11) is 0. The van der Waals surface area contributed by atoms with E-state index in [0.29, 0.717) is 0 Å². The van der Waals surface area contributed by atoms with Gasteiger partial charge in [0.05, 0.1) is 27.0 Å². The third-order valence-corrected chi connectivity index (χ3v) is 12.7. The van der Waals surface area contributed by atoms with E-state index in [2.05, 4.69) is 107 Å². The third-order valence-electron chi connectivity index (χ3n) is 10.8. The Kier molecular flexibility index (Phi) is 5.84. The Bertz CT molecular complexity index is 2660. The minimum Gasteiger partial charge on any atom is -0.457 e. The van der Waals surface area contributed by atoms with Crippen LogP contribution in [0.15, 0.2) is 132 Å². The lowest BCUT2D eigenvalue weighted by Gasteiger charge is -2.33. The maximum atomic E-state index is 6.67. The van der Waals surface area contributed by atoms with Crippen molar-refractivity contribution in [2.75, 3.05) is 0 Å². The number of pyridine rings is 1. The number of hydrogen-bond acceptors (Lipinski definition) is 5. The Morgan fingerprint density at radius 1 is 0.714 bits per heavy atom. The van der Waals surface area contributed by atoms with Crippen LogP contribution >= 0.6 is 22.9 Å². The Hall–Kier alpha value is -5.30. The zero-order valence-corrected chi connectivity index (χ0v) is 28.2. The fourth-order valence-corrected chi connectivity index (χ4v) is 11.1. The minimum absolute atomic E-state index is 0.256. The highest BCUT2D eigenvalue weighted by Gasteiger charge is 2.56. The summed E-state index contributed by atoms with van der Waals surface area (Å²) >= 11 is 3.57. The SMILES string of the molecule is c1ccc(-n2c3ccccc3c3ccc(Oc4cccc(-c5nsc6c5C5(C7=C(CCCC7)c7ccccc75)c5sccc5-6)c4)cc32)nc1. The number of para-hydroxylation sites is 1. The largest absolute Gasteiger partial charge is 0.457 e. The predicted molar refractivity (Wildman–Crippen MR) is 201 cm³/mol. The molecule has 6 heteroatoms. The molecule has 3 aliphatic carbocycles. The molecule has 0 aliphatic heterocycles. The van der Waals surface area contributed by atoms with E-state index in [1.54, 1.807) is 22.7 Å². The quantitative estimate of drug-likeness (QED) is 0.188. The first kappa shape index (κ1) is 27.6. The summed E-state index contributed by atoms with van der Waals surface area (Å²) in [4.78, 5) is 7.49. The summed E-state index contributed by atoms with van der Waals surface area (Å²) in [5.74, 6) is 2.47. The van der Waals surface area contributed by atoms with E-state index >= 15 is 0 Å². The van der Waals surface area contributed by atoms with Gasteiger partial charge in [0, 0.05) is 44.6 Å². The third kappa shape index (κ3) is 3.73. The van der Waals surface area contributed by atoms with Crippen LogP contribution in [0.25, 0.3) is 54.9 Å². The second kappa shape index (κ2) is 10.3. The van der Waals surface area contributed by atoms with E-state index in [-0.39, 0.29) is 5.41 Å². The topological polar surface area (TPSA) is 39.9 Å². The van der Waals surface area contributed by atoms with Crippen molar-refractivity contribution in [3.05, 3.63) is 154 Å². The fraction of sp³-hybridized carbons (Fsp3) is 0.116. The van der Waals surface area contributed by atoms with Crippen LogP contribution < -0.4 is 4.74 Å². The van der Waals surface area contributed by atoms with Crippen molar-refractivity contribution in [1.29, 1.82) is 0 Å². The maximum Gasteiger partial charge on any atom is 0.137 e. The van der Waals surface area contributed by atoms with Gasteiger partial charge in [-0.15, -0.1) is 11.3 Å². The van der Waals surface area contributed by atoms with Crippen molar-refractivity contribution in [2.45, 2.75) is 31.1 Å². The molecule has 8 aromatic rings. The number of rotatable bonds is 4. The number of nitrogens with zero attached hydrogens (tertiary/aromatic N) is 3. The zero-order chi connectivity index (χ0) is 32.1. The van der Waals surface area contributed by atoms with E-state index in [1.165, 1.54) is 55.6 Å². The lowest BCUT2D eigenvalue weighted by molar-refractivity contribution is 0.483. The maximum absolute atomic E-state index is 6.67. The molecule has 11 rings (SSSR count). The molecule has 234 valence electrons. The van der Waals surface area contributed by atoms with Crippen molar-refractivity contribution >= 4 is 50.2 Å². The minimum atomic E-state index is -0.256. The summed E-state index contributed by atoms with van der Waals surface area (Å²) in [5.41, 5.74) is 12.9. The molecule has 0 saturated heterocycles. The number of hydrogen-bond donors (Lipinski definition) is 0. The summed E-state index contributed by atoms with van der Waals surface area (Å²) < 4.78 is 14.1. The Balaban J connectivity index is 1.04. The van der Waals surface area contributed by atoms with Crippen LogP contribution in [0.5, 0.6) is 11.5 Å². The van der Waals surface area contributed by atoms with Gasteiger partial charge in [-0.25, -0.2) is 4.98 Å². The van der Waals surface area contributed by atoms with Crippen LogP contribution in [0.1, 0.15) is 47.3 Å². The van der Waals surface area contributed by atoms with Gasteiger partial charge in [-0.1, -0.05) is 60.7 Å². The Morgan fingerprint density at radius 2 is 1.57 bits per heavy atom. The van der Waals surface area contributed by atoms with Crippen molar-refractivity contribution < 1.29 is 4.74 Å². The van der Waals surface area contributed by atoms with Crippen molar-refractivity contribution in [2.24, 2.45) is 0 Å². The average molecular weight is 668 g/mol. The smallest absolute Gasteiger partial charge is 0.137 e. The highest BCUT2D eigenvalue weighted by Crippen LogP contribution is 2.67. The number of fused-ring (bicyclic) bond motifs is 12. The molecule has 1 spiro atoms. The van der Waals surface area contributed by atoms with Gasteiger partial charge in [-0.3, -0.25) is 4.57 Å². The normalized spacial score (nSPS) is 17.5. The molecule has 4 aromatic carbocycles. The molecule has 0 N–H and O–H groups in total. The van der Waals surface area contributed by atoms with Gasteiger partial charge >= 0.3 is 0 Å². The van der Waals surface area contributed by atoms with Gasteiger partial charge in [-0.05, 0) is 113 Å². The van der Waals surface area contributed by atoms with Gasteiger partial charge in [0.15, 0.2) is 0 Å². The molecule has 4 aromatic heterocycles. The van der Waals surface area contributed by atoms with Gasteiger partial charge < -0.3 is 4.74 Å². The molecule has 0 radical (unpaired) electrons. The highest BCUT2D eigenvalue weighted by molar-refractivity contribution is 7.13. The molecule has 1 unspecified atom stereocenters. The Labute approximate surface area is 291 Å². The van der Waals surface area contributed by atoms with Crippen LogP contribution in [0.2, 0.25) is 0 Å². The number of ether oxygens (including phenoxy) is 1. The van der Waals surface area contributed by atoms with E-state index in [4.69, 9.17) is 14.1 Å². The molecule has 4 heterocycles. The molecule has 49 heavy (non-hydrogen) atoms. The second-order valence-corrected chi connectivity index (χ2v) is 14.9. The molecular weight excluding hydrogens is 639 g/mol. The Morgan fingerprint density at radius 3 is 2.53 bits per heavy atom. The summed E-state index contributed by atoms with van der Waals surface area (Å²) in [6, 6.07) is 40.9. The van der Waals surface area contributed by atoms with Crippen LogP contribution in [-0.4, -0.2) is 13.9 Å². The van der Waals surface area contributed by atoms with Gasteiger partial charge in [0.2, 0.25) is 0 Å². The van der Waals surface area contributed by atoms with Gasteiger partial charge in [0.1, 0.15) is 17.3 Å². The molecular formula is C43H29N3OS2. The van der Waals surface area contributed by atoms with Gasteiger partial charge in [-0.2, -0.15) is 4.37 Å². The average Bonchev–Trinajstić information content (AvgIpc) is 3.96. The fourth-order valence-electron chi connectivity index (χ4n) is 8.90. The van der Waals surface area contributed by atoms with Crippen molar-refractivity contribution in [3.63, 3.8) is 0 Å². The van der Waals surface area contributed by atoms with E-state index in [0.717, 1.165) is 52.4 Å². The summed E-state index contributed by atoms with van der Waals surface area (Å²) in [6.07, 6.45) is 6.64. The van der Waals surface area contributed by atoms with Crippen molar-refractivity contribution in [1.82, 2.24) is 13.9 Å². The van der Waals surface area contributed by atoms with E-state index in [1.807, 2.05) is 35.7 Å². The number of allylic oxidation sites excluding steroid dienone is 2. The van der Waals surface area contributed by atoms with E-state index < -0.39 is 0 Å². The number of aromatic nitrogens is 3. The van der Waals surface area contributed by atoms with E-state index in [9.17, 15) is 0 Å².